The van der Waals surface area contributed by atoms with Crippen molar-refractivity contribution in [2.24, 2.45) is 5.92 Å². The molecule has 2 heterocycles. The van der Waals surface area contributed by atoms with E-state index in [0.717, 1.165) is 6.20 Å². The van der Waals surface area contributed by atoms with Crippen LogP contribution in [0.1, 0.15) is 25.5 Å². The van der Waals surface area contributed by atoms with Crippen molar-refractivity contribution in [2.75, 3.05) is 18.4 Å². The van der Waals surface area contributed by atoms with Crippen LogP contribution in [0.15, 0.2) is 42.6 Å². The third-order valence-corrected chi connectivity index (χ3v) is 4.76. The van der Waals surface area contributed by atoms with Gasteiger partial charge in [-0.25, -0.2) is 9.78 Å². The van der Waals surface area contributed by atoms with Crippen LogP contribution in [0.25, 0.3) is 0 Å². The molecule has 1 aliphatic rings. The molecule has 0 aliphatic carbocycles. The fraction of sp³-hybridized carbons (Fsp3) is 0.350. The molecule has 2 atom stereocenters. The first-order chi connectivity index (χ1) is 14.3. The Morgan fingerprint density at radius 1 is 1.33 bits per heavy atom. The minimum Gasteiger partial charge on any atom is -0.480 e. The number of rotatable bonds is 7. The highest BCUT2D eigenvalue weighted by Gasteiger charge is 2.41. The number of nitro groups is 1. The SMILES string of the molecule is CC(C)C1Oc2ccccc2C(C(=O)O)N(CCNc2ccc([N+](=O)[O-])cn2)C1=O. The first-order valence-corrected chi connectivity index (χ1v) is 9.42. The summed E-state index contributed by atoms with van der Waals surface area (Å²) in [5, 5.41) is 23.6. The van der Waals surface area contributed by atoms with Crippen molar-refractivity contribution in [1.29, 1.82) is 0 Å². The number of para-hydroxylation sites is 1. The number of hydrogen-bond donors (Lipinski definition) is 2. The van der Waals surface area contributed by atoms with Crippen LogP contribution in [0.3, 0.4) is 0 Å². The molecule has 0 fully saturated rings. The molecule has 1 aromatic carbocycles. The molecule has 1 amide bonds. The monoisotopic (exact) mass is 414 g/mol. The molecule has 158 valence electrons. The third-order valence-electron chi connectivity index (χ3n) is 4.76. The van der Waals surface area contributed by atoms with Crippen molar-refractivity contribution in [1.82, 2.24) is 9.88 Å². The topological polar surface area (TPSA) is 135 Å². The fourth-order valence-corrected chi connectivity index (χ4v) is 3.29. The second-order valence-corrected chi connectivity index (χ2v) is 7.18. The summed E-state index contributed by atoms with van der Waals surface area (Å²) < 4.78 is 5.89. The van der Waals surface area contributed by atoms with E-state index < -0.39 is 28.9 Å². The van der Waals surface area contributed by atoms with E-state index in [2.05, 4.69) is 10.3 Å². The molecular weight excluding hydrogens is 392 g/mol. The second-order valence-electron chi connectivity index (χ2n) is 7.18. The Kier molecular flexibility index (Phi) is 6.14. The smallest absolute Gasteiger partial charge is 0.331 e. The first-order valence-electron chi connectivity index (χ1n) is 9.42. The van der Waals surface area contributed by atoms with Gasteiger partial charge in [0.05, 0.1) is 4.92 Å². The molecule has 30 heavy (non-hydrogen) atoms. The number of ether oxygens (including phenoxy) is 1. The average molecular weight is 414 g/mol. The van der Waals surface area contributed by atoms with Crippen LogP contribution in [0.4, 0.5) is 11.5 Å². The molecule has 10 heteroatoms. The normalized spacial score (nSPS) is 18.4. The lowest BCUT2D eigenvalue weighted by Crippen LogP contribution is -2.47. The molecule has 0 bridgehead atoms. The number of hydrogen-bond acceptors (Lipinski definition) is 7. The van der Waals surface area contributed by atoms with Gasteiger partial charge in [-0.15, -0.1) is 0 Å². The van der Waals surface area contributed by atoms with Crippen molar-refractivity contribution in [3.63, 3.8) is 0 Å². The zero-order valence-corrected chi connectivity index (χ0v) is 16.5. The van der Waals surface area contributed by atoms with Gasteiger partial charge in [0.25, 0.3) is 11.6 Å². The van der Waals surface area contributed by atoms with E-state index in [9.17, 15) is 24.8 Å². The van der Waals surface area contributed by atoms with Crippen molar-refractivity contribution >= 4 is 23.4 Å². The lowest BCUT2D eigenvalue weighted by Gasteiger charge is -2.29. The highest BCUT2D eigenvalue weighted by Crippen LogP contribution is 2.35. The number of nitrogens with zero attached hydrogens (tertiary/aromatic N) is 3. The summed E-state index contributed by atoms with van der Waals surface area (Å²) in [6, 6.07) is 8.31. The molecule has 2 aromatic rings. The number of aliphatic carboxylic acids is 1. The summed E-state index contributed by atoms with van der Waals surface area (Å²) in [5.74, 6) is -0.967. The van der Waals surface area contributed by atoms with Gasteiger partial charge in [-0.2, -0.15) is 0 Å². The van der Waals surface area contributed by atoms with Crippen LogP contribution < -0.4 is 10.1 Å². The minimum absolute atomic E-state index is 0.0788. The van der Waals surface area contributed by atoms with Crippen LogP contribution >= 0.6 is 0 Å². The zero-order chi connectivity index (χ0) is 21.8. The Morgan fingerprint density at radius 2 is 2.07 bits per heavy atom. The molecular formula is C20H22N4O6. The number of benzene rings is 1. The lowest BCUT2D eigenvalue weighted by molar-refractivity contribution is -0.385. The zero-order valence-electron chi connectivity index (χ0n) is 16.5. The van der Waals surface area contributed by atoms with Crippen LogP contribution in [-0.4, -0.2) is 51.0 Å². The predicted octanol–water partition coefficient (Wildman–Crippen LogP) is 2.47. The molecule has 0 radical (unpaired) electrons. The maximum atomic E-state index is 13.2. The van der Waals surface area contributed by atoms with Gasteiger partial charge in [0.2, 0.25) is 0 Å². The molecule has 0 saturated heterocycles. The van der Waals surface area contributed by atoms with Crippen LogP contribution in [-0.2, 0) is 9.59 Å². The van der Waals surface area contributed by atoms with Crippen LogP contribution in [0.2, 0.25) is 0 Å². The van der Waals surface area contributed by atoms with Gasteiger partial charge in [0, 0.05) is 24.7 Å². The molecule has 2 N–H and O–H groups in total. The van der Waals surface area contributed by atoms with Crippen molar-refractivity contribution < 1.29 is 24.4 Å². The number of nitrogens with one attached hydrogen (secondary N) is 1. The van der Waals surface area contributed by atoms with E-state index in [1.54, 1.807) is 24.3 Å². The number of pyridine rings is 1. The molecule has 1 aliphatic heterocycles. The summed E-state index contributed by atoms with van der Waals surface area (Å²) in [5.41, 5.74) is 0.276. The Balaban J connectivity index is 1.83. The number of carboxylic acid groups (broad SMARTS) is 1. The lowest BCUT2D eigenvalue weighted by atomic mass is 10.0. The standard InChI is InChI=1S/C20H22N4O6/c1-12(2)18-19(25)23(10-9-21-16-8-7-13(11-22-16)24(28)29)17(20(26)27)14-5-3-4-6-15(14)30-18/h3-8,11-12,17-18H,9-10H2,1-2H3,(H,21,22)(H,26,27). The van der Waals surface area contributed by atoms with Gasteiger partial charge in [0.1, 0.15) is 17.8 Å². The van der Waals surface area contributed by atoms with E-state index >= 15 is 0 Å². The first kappa shape index (κ1) is 21.0. The highest BCUT2D eigenvalue weighted by atomic mass is 16.6. The quantitative estimate of drug-likeness (QED) is 0.521. The van der Waals surface area contributed by atoms with Crippen LogP contribution in [0, 0.1) is 16.0 Å². The Labute approximate surface area is 172 Å². The molecule has 0 spiro atoms. The summed E-state index contributed by atoms with van der Waals surface area (Å²) >= 11 is 0. The second kappa shape index (κ2) is 8.76. The predicted molar refractivity (Wildman–Crippen MR) is 107 cm³/mol. The van der Waals surface area contributed by atoms with Crippen molar-refractivity contribution in [3.8, 4) is 5.75 Å². The molecule has 0 saturated carbocycles. The average Bonchev–Trinajstić information content (AvgIpc) is 2.83. The number of anilines is 1. The number of carbonyl (C=O) groups is 2. The maximum absolute atomic E-state index is 13.2. The number of amides is 1. The van der Waals surface area contributed by atoms with Gasteiger partial charge in [-0.3, -0.25) is 14.9 Å². The van der Waals surface area contributed by atoms with E-state index in [0.29, 0.717) is 17.1 Å². The summed E-state index contributed by atoms with van der Waals surface area (Å²) in [6.07, 6.45) is 0.311. The highest BCUT2D eigenvalue weighted by molar-refractivity contribution is 5.89. The third kappa shape index (κ3) is 4.32. The molecule has 10 nitrogen and oxygen atoms in total. The van der Waals surface area contributed by atoms with E-state index in [4.69, 9.17) is 4.74 Å². The maximum Gasteiger partial charge on any atom is 0.331 e. The van der Waals surface area contributed by atoms with Crippen LogP contribution in [0.5, 0.6) is 5.75 Å². The Hall–Kier alpha value is -3.69. The summed E-state index contributed by atoms with van der Waals surface area (Å²) in [7, 11) is 0. The van der Waals surface area contributed by atoms with E-state index in [-0.39, 0.29) is 24.7 Å². The summed E-state index contributed by atoms with van der Waals surface area (Å²) in [4.78, 5) is 40.7. The minimum atomic E-state index is -1.19. The van der Waals surface area contributed by atoms with Gasteiger partial charge in [-0.1, -0.05) is 32.0 Å². The number of carboxylic acids is 1. The van der Waals surface area contributed by atoms with E-state index in [1.807, 2.05) is 13.8 Å². The van der Waals surface area contributed by atoms with E-state index in [1.165, 1.54) is 17.0 Å². The number of carbonyl (C=O) groups excluding carboxylic acids is 1. The number of fused-ring (bicyclic) bond motifs is 1. The number of aromatic nitrogens is 1. The molecule has 1 aromatic heterocycles. The van der Waals surface area contributed by atoms with Crippen molar-refractivity contribution in [2.45, 2.75) is 26.0 Å². The summed E-state index contributed by atoms with van der Waals surface area (Å²) in [6.45, 7) is 3.95. The molecule has 2 unspecified atom stereocenters. The van der Waals surface area contributed by atoms with Gasteiger partial charge in [-0.05, 0) is 18.1 Å². The van der Waals surface area contributed by atoms with Gasteiger partial charge in [0.15, 0.2) is 12.1 Å². The fourth-order valence-electron chi connectivity index (χ4n) is 3.29. The van der Waals surface area contributed by atoms with Crippen molar-refractivity contribution in [3.05, 3.63) is 58.3 Å². The largest absolute Gasteiger partial charge is 0.480 e. The van der Waals surface area contributed by atoms with Gasteiger partial charge >= 0.3 is 5.97 Å². The Bertz CT molecular complexity index is 947. The molecule has 3 rings (SSSR count). The Morgan fingerprint density at radius 3 is 2.67 bits per heavy atom. The van der Waals surface area contributed by atoms with Gasteiger partial charge < -0.3 is 20.1 Å².